The van der Waals surface area contributed by atoms with Gasteiger partial charge >= 0.3 is 0 Å². The van der Waals surface area contributed by atoms with E-state index in [1.807, 2.05) is 49.4 Å². The van der Waals surface area contributed by atoms with Crippen molar-refractivity contribution < 1.29 is 9.59 Å². The minimum Gasteiger partial charge on any atom is -0.289 e. The zero-order valence-corrected chi connectivity index (χ0v) is 12.8. The summed E-state index contributed by atoms with van der Waals surface area (Å²) in [6, 6.07) is 23.4. The molecule has 2 heteroatoms. The van der Waals surface area contributed by atoms with Gasteiger partial charge < -0.3 is 0 Å². The van der Waals surface area contributed by atoms with Crippen LogP contribution in [-0.2, 0) is 0 Å². The molecule has 112 valence electrons. The van der Waals surface area contributed by atoms with Crippen molar-refractivity contribution in [3.63, 3.8) is 0 Å². The van der Waals surface area contributed by atoms with E-state index in [1.54, 1.807) is 36.4 Å². The van der Waals surface area contributed by atoms with Crippen LogP contribution in [0.2, 0.25) is 0 Å². The monoisotopic (exact) mass is 300 g/mol. The molecule has 0 aromatic heterocycles. The van der Waals surface area contributed by atoms with Crippen LogP contribution in [-0.4, -0.2) is 11.6 Å². The molecule has 0 amide bonds. The molecule has 0 unspecified atom stereocenters. The molecule has 0 aliphatic heterocycles. The second-order valence-corrected chi connectivity index (χ2v) is 5.47. The van der Waals surface area contributed by atoms with Gasteiger partial charge in [-0.2, -0.15) is 0 Å². The first-order chi connectivity index (χ1) is 11.1. The van der Waals surface area contributed by atoms with Gasteiger partial charge in [0, 0.05) is 22.3 Å². The number of benzene rings is 3. The van der Waals surface area contributed by atoms with Crippen molar-refractivity contribution >= 4 is 11.6 Å². The number of ketones is 2. The van der Waals surface area contributed by atoms with Gasteiger partial charge in [-0.15, -0.1) is 0 Å². The second-order valence-electron chi connectivity index (χ2n) is 5.47. The topological polar surface area (TPSA) is 34.1 Å². The maximum Gasteiger partial charge on any atom is 0.193 e. The third-order valence-corrected chi connectivity index (χ3v) is 3.76. The zero-order chi connectivity index (χ0) is 16.2. The van der Waals surface area contributed by atoms with E-state index in [-0.39, 0.29) is 11.6 Å². The highest BCUT2D eigenvalue weighted by Gasteiger charge is 2.12. The van der Waals surface area contributed by atoms with Crippen molar-refractivity contribution in [2.45, 2.75) is 6.92 Å². The van der Waals surface area contributed by atoms with Gasteiger partial charge in [0.1, 0.15) is 0 Å². The number of carbonyl (C=O) groups excluding carboxylic acids is 2. The van der Waals surface area contributed by atoms with E-state index in [2.05, 4.69) is 0 Å². The van der Waals surface area contributed by atoms with E-state index in [4.69, 9.17) is 0 Å². The molecule has 0 aliphatic rings. The van der Waals surface area contributed by atoms with Crippen LogP contribution in [0, 0.1) is 6.92 Å². The van der Waals surface area contributed by atoms with E-state index in [0.717, 1.165) is 5.56 Å². The van der Waals surface area contributed by atoms with E-state index in [0.29, 0.717) is 22.3 Å². The third kappa shape index (κ3) is 3.27. The minimum atomic E-state index is -0.0417. The first-order valence-corrected chi connectivity index (χ1v) is 7.46. The quantitative estimate of drug-likeness (QED) is 0.667. The second kappa shape index (κ2) is 6.41. The Bertz CT molecular complexity index is 829. The fourth-order valence-corrected chi connectivity index (χ4v) is 2.40. The van der Waals surface area contributed by atoms with Crippen molar-refractivity contribution in [1.82, 2.24) is 0 Å². The Labute approximate surface area is 135 Å². The van der Waals surface area contributed by atoms with E-state index < -0.39 is 0 Å². The van der Waals surface area contributed by atoms with E-state index in [1.165, 1.54) is 0 Å². The molecule has 0 aliphatic carbocycles. The summed E-state index contributed by atoms with van der Waals surface area (Å²) in [5.74, 6) is -0.0800. The first-order valence-electron chi connectivity index (χ1n) is 7.46. The maximum absolute atomic E-state index is 12.4. The summed E-state index contributed by atoms with van der Waals surface area (Å²) in [4.78, 5) is 24.8. The lowest BCUT2D eigenvalue weighted by Crippen LogP contribution is -2.04. The SMILES string of the molecule is Cc1ccc(C(=O)c2ccc(C(=O)c3ccccc3)cc2)cc1. The largest absolute Gasteiger partial charge is 0.289 e. The molecule has 0 bridgehead atoms. The van der Waals surface area contributed by atoms with Gasteiger partial charge in [0.25, 0.3) is 0 Å². The summed E-state index contributed by atoms with van der Waals surface area (Å²) in [5.41, 5.74) is 3.57. The lowest BCUT2D eigenvalue weighted by molar-refractivity contribution is 0.102. The Kier molecular flexibility index (Phi) is 4.15. The van der Waals surface area contributed by atoms with Gasteiger partial charge in [0.05, 0.1) is 0 Å². The molecule has 0 N–H and O–H groups in total. The Balaban J connectivity index is 1.83. The molecular formula is C21H16O2. The van der Waals surface area contributed by atoms with Gasteiger partial charge in [-0.1, -0.05) is 84.4 Å². The van der Waals surface area contributed by atoms with Crippen LogP contribution in [0.15, 0.2) is 78.9 Å². The highest BCUT2D eigenvalue weighted by molar-refractivity contribution is 6.11. The molecule has 0 atom stereocenters. The predicted molar refractivity (Wildman–Crippen MR) is 90.9 cm³/mol. The molecule has 0 fully saturated rings. The Hall–Kier alpha value is -3.00. The van der Waals surface area contributed by atoms with E-state index in [9.17, 15) is 9.59 Å². The summed E-state index contributed by atoms with van der Waals surface area (Å²) < 4.78 is 0. The van der Waals surface area contributed by atoms with Gasteiger partial charge in [0.2, 0.25) is 0 Å². The van der Waals surface area contributed by atoms with Crippen molar-refractivity contribution in [3.05, 3.63) is 107 Å². The molecule has 3 aromatic rings. The minimum absolute atomic E-state index is 0.0382. The van der Waals surface area contributed by atoms with Crippen LogP contribution in [0.5, 0.6) is 0 Å². The van der Waals surface area contributed by atoms with E-state index >= 15 is 0 Å². The average Bonchev–Trinajstić information content (AvgIpc) is 2.62. The molecule has 2 nitrogen and oxygen atoms in total. The van der Waals surface area contributed by atoms with Crippen LogP contribution in [0.4, 0.5) is 0 Å². The Morgan fingerprint density at radius 1 is 0.522 bits per heavy atom. The number of hydrogen-bond acceptors (Lipinski definition) is 2. The average molecular weight is 300 g/mol. The lowest BCUT2D eigenvalue weighted by atomic mass is 9.98. The number of hydrogen-bond donors (Lipinski definition) is 0. The molecule has 3 aromatic carbocycles. The normalized spacial score (nSPS) is 10.3. The molecule has 23 heavy (non-hydrogen) atoms. The number of aryl methyl sites for hydroxylation is 1. The van der Waals surface area contributed by atoms with Crippen LogP contribution >= 0.6 is 0 Å². The molecule has 0 saturated heterocycles. The van der Waals surface area contributed by atoms with Gasteiger partial charge in [-0.3, -0.25) is 9.59 Å². The van der Waals surface area contributed by atoms with Crippen molar-refractivity contribution in [3.8, 4) is 0 Å². The van der Waals surface area contributed by atoms with Gasteiger partial charge in [-0.25, -0.2) is 0 Å². The van der Waals surface area contributed by atoms with Crippen molar-refractivity contribution in [1.29, 1.82) is 0 Å². The highest BCUT2D eigenvalue weighted by Crippen LogP contribution is 2.14. The van der Waals surface area contributed by atoms with Crippen LogP contribution < -0.4 is 0 Å². The molecule has 3 rings (SSSR count). The molecule has 0 heterocycles. The zero-order valence-electron chi connectivity index (χ0n) is 12.8. The summed E-state index contributed by atoms with van der Waals surface area (Å²) in [7, 11) is 0. The van der Waals surface area contributed by atoms with Crippen LogP contribution in [0.1, 0.15) is 37.4 Å². The van der Waals surface area contributed by atoms with Crippen LogP contribution in [0.3, 0.4) is 0 Å². The molecular weight excluding hydrogens is 284 g/mol. The number of rotatable bonds is 4. The number of carbonyl (C=O) groups is 2. The fraction of sp³-hybridized carbons (Fsp3) is 0.0476. The van der Waals surface area contributed by atoms with Gasteiger partial charge in [-0.05, 0) is 6.92 Å². The van der Waals surface area contributed by atoms with Gasteiger partial charge in [0.15, 0.2) is 11.6 Å². The first kappa shape index (κ1) is 14.9. The lowest BCUT2D eigenvalue weighted by Gasteiger charge is -2.04. The standard InChI is InChI=1S/C21H16O2/c1-15-7-9-17(10-8-15)21(23)19-13-11-18(12-14-19)20(22)16-5-3-2-4-6-16/h2-14H,1H3. The van der Waals surface area contributed by atoms with Crippen molar-refractivity contribution in [2.24, 2.45) is 0 Å². The maximum atomic E-state index is 12.4. The van der Waals surface area contributed by atoms with Crippen molar-refractivity contribution in [2.75, 3.05) is 0 Å². The fourth-order valence-electron chi connectivity index (χ4n) is 2.40. The summed E-state index contributed by atoms with van der Waals surface area (Å²) >= 11 is 0. The summed E-state index contributed by atoms with van der Waals surface area (Å²) in [5, 5.41) is 0. The highest BCUT2D eigenvalue weighted by atomic mass is 16.1. The molecule has 0 saturated carbocycles. The summed E-state index contributed by atoms with van der Waals surface area (Å²) in [6.07, 6.45) is 0. The summed E-state index contributed by atoms with van der Waals surface area (Å²) in [6.45, 7) is 1.98. The van der Waals surface area contributed by atoms with Crippen LogP contribution in [0.25, 0.3) is 0 Å². The predicted octanol–water partition coefficient (Wildman–Crippen LogP) is 4.46. The third-order valence-electron chi connectivity index (χ3n) is 3.76. The smallest absolute Gasteiger partial charge is 0.193 e. The Morgan fingerprint density at radius 2 is 0.870 bits per heavy atom. The Morgan fingerprint density at radius 3 is 1.30 bits per heavy atom. The molecule has 0 radical (unpaired) electrons. The molecule has 0 spiro atoms.